The summed E-state index contributed by atoms with van der Waals surface area (Å²) >= 11 is 3.09. The number of aromatic nitrogens is 2. The van der Waals surface area contributed by atoms with E-state index >= 15 is 0 Å². The molecule has 2 heterocycles. The van der Waals surface area contributed by atoms with Gasteiger partial charge in [-0.25, -0.2) is 4.98 Å². The van der Waals surface area contributed by atoms with Gasteiger partial charge in [0, 0.05) is 23.0 Å². The Labute approximate surface area is 156 Å². The molecule has 3 rings (SSSR count). The Bertz CT molecular complexity index is 808. The Morgan fingerprint density at radius 3 is 2.76 bits per heavy atom. The summed E-state index contributed by atoms with van der Waals surface area (Å²) in [5.74, 6) is 0.882. The standard InChI is InChI=1S/C19H21N3OS2/c1-14(2)15-5-7-16(8-6-15)22-10-9-20-19(22)25-13-18(23)21-12-17-4-3-11-24-17/h3-11,14H,12-13H2,1-2H3,(H,21,23). The number of imidazole rings is 1. The minimum atomic E-state index is 0.0168. The molecule has 1 aromatic carbocycles. The van der Waals surface area contributed by atoms with Gasteiger partial charge < -0.3 is 5.32 Å². The molecule has 0 aliphatic rings. The number of nitrogens with one attached hydrogen (secondary N) is 1. The predicted molar refractivity (Wildman–Crippen MR) is 105 cm³/mol. The summed E-state index contributed by atoms with van der Waals surface area (Å²) in [4.78, 5) is 17.6. The molecule has 0 radical (unpaired) electrons. The van der Waals surface area contributed by atoms with E-state index in [1.54, 1.807) is 17.5 Å². The summed E-state index contributed by atoms with van der Waals surface area (Å²) in [6.45, 7) is 4.95. The van der Waals surface area contributed by atoms with E-state index in [-0.39, 0.29) is 5.91 Å². The highest BCUT2D eigenvalue weighted by Crippen LogP contribution is 2.22. The van der Waals surface area contributed by atoms with Gasteiger partial charge in [-0.2, -0.15) is 0 Å². The molecule has 0 saturated carbocycles. The number of benzene rings is 1. The maximum Gasteiger partial charge on any atom is 0.230 e. The second-order valence-corrected chi connectivity index (χ2v) is 7.95. The fourth-order valence-electron chi connectivity index (χ4n) is 2.39. The minimum absolute atomic E-state index is 0.0168. The number of thioether (sulfide) groups is 1. The topological polar surface area (TPSA) is 46.9 Å². The van der Waals surface area contributed by atoms with Crippen molar-refractivity contribution in [3.63, 3.8) is 0 Å². The van der Waals surface area contributed by atoms with Crippen LogP contribution in [0.4, 0.5) is 0 Å². The van der Waals surface area contributed by atoms with E-state index in [1.165, 1.54) is 17.3 Å². The van der Waals surface area contributed by atoms with Gasteiger partial charge in [0.05, 0.1) is 12.3 Å². The van der Waals surface area contributed by atoms with Crippen LogP contribution < -0.4 is 5.32 Å². The Morgan fingerprint density at radius 2 is 2.08 bits per heavy atom. The number of hydrogen-bond donors (Lipinski definition) is 1. The molecule has 0 aliphatic heterocycles. The fourth-order valence-corrected chi connectivity index (χ4v) is 3.84. The van der Waals surface area contributed by atoms with E-state index in [9.17, 15) is 4.79 Å². The zero-order valence-electron chi connectivity index (χ0n) is 14.3. The second kappa shape index (κ2) is 8.36. The summed E-state index contributed by atoms with van der Waals surface area (Å²) in [5.41, 5.74) is 2.37. The summed E-state index contributed by atoms with van der Waals surface area (Å²) in [7, 11) is 0. The van der Waals surface area contributed by atoms with Gasteiger partial charge >= 0.3 is 0 Å². The van der Waals surface area contributed by atoms with Gasteiger partial charge in [-0.15, -0.1) is 11.3 Å². The molecule has 0 saturated heterocycles. The van der Waals surface area contributed by atoms with Gasteiger partial charge in [0.1, 0.15) is 0 Å². The van der Waals surface area contributed by atoms with E-state index in [4.69, 9.17) is 0 Å². The Kier molecular flexibility index (Phi) is 5.94. The maximum atomic E-state index is 12.0. The molecule has 0 unspecified atom stereocenters. The van der Waals surface area contributed by atoms with Crippen molar-refractivity contribution < 1.29 is 4.79 Å². The van der Waals surface area contributed by atoms with Crippen molar-refractivity contribution in [2.45, 2.75) is 31.5 Å². The van der Waals surface area contributed by atoms with Crippen molar-refractivity contribution in [3.05, 3.63) is 64.6 Å². The molecule has 0 spiro atoms. The number of carbonyl (C=O) groups is 1. The maximum absolute atomic E-state index is 12.0. The summed E-state index contributed by atoms with van der Waals surface area (Å²) in [6, 6.07) is 12.5. The lowest BCUT2D eigenvalue weighted by Crippen LogP contribution is -2.24. The highest BCUT2D eigenvalue weighted by atomic mass is 32.2. The van der Waals surface area contributed by atoms with Crippen LogP contribution in [0, 0.1) is 0 Å². The average molecular weight is 372 g/mol. The predicted octanol–water partition coefficient (Wildman–Crippen LogP) is 4.47. The Hall–Kier alpha value is -2.05. The highest BCUT2D eigenvalue weighted by molar-refractivity contribution is 7.99. The zero-order chi connectivity index (χ0) is 17.6. The molecule has 6 heteroatoms. The molecular formula is C19H21N3OS2. The quantitative estimate of drug-likeness (QED) is 0.624. The number of thiophene rings is 1. The van der Waals surface area contributed by atoms with Crippen LogP contribution in [0.15, 0.2) is 59.3 Å². The van der Waals surface area contributed by atoms with Crippen LogP contribution in [0.1, 0.15) is 30.2 Å². The third-order valence-electron chi connectivity index (χ3n) is 3.82. The Balaban J connectivity index is 1.58. The first-order valence-electron chi connectivity index (χ1n) is 8.19. The molecule has 0 atom stereocenters. The summed E-state index contributed by atoms with van der Waals surface area (Å²) in [6.07, 6.45) is 3.69. The smallest absolute Gasteiger partial charge is 0.230 e. The summed E-state index contributed by atoms with van der Waals surface area (Å²) < 4.78 is 2.02. The van der Waals surface area contributed by atoms with Crippen molar-refractivity contribution in [1.29, 1.82) is 0 Å². The lowest BCUT2D eigenvalue weighted by molar-refractivity contribution is -0.118. The third kappa shape index (κ3) is 4.74. The first-order chi connectivity index (χ1) is 12.1. The summed E-state index contributed by atoms with van der Waals surface area (Å²) in [5, 5.41) is 5.77. The van der Waals surface area contributed by atoms with E-state index in [1.807, 2.05) is 28.3 Å². The largest absolute Gasteiger partial charge is 0.350 e. The van der Waals surface area contributed by atoms with Crippen LogP contribution in [0.5, 0.6) is 0 Å². The molecule has 1 N–H and O–H groups in total. The second-order valence-electron chi connectivity index (χ2n) is 5.97. The molecule has 0 fully saturated rings. The van der Waals surface area contributed by atoms with Gasteiger partial charge in [0.2, 0.25) is 5.91 Å². The number of amides is 1. The average Bonchev–Trinajstić information content (AvgIpc) is 3.29. The number of nitrogens with zero attached hydrogens (tertiary/aromatic N) is 2. The molecule has 2 aromatic heterocycles. The van der Waals surface area contributed by atoms with Crippen molar-refractivity contribution >= 4 is 29.0 Å². The fraction of sp³-hybridized carbons (Fsp3) is 0.263. The molecule has 130 valence electrons. The monoisotopic (exact) mass is 371 g/mol. The number of carbonyl (C=O) groups excluding carboxylic acids is 1. The van der Waals surface area contributed by atoms with Crippen molar-refractivity contribution in [2.75, 3.05) is 5.75 Å². The normalized spacial score (nSPS) is 11.0. The number of hydrogen-bond acceptors (Lipinski definition) is 4. The van der Waals surface area contributed by atoms with Gasteiger partial charge in [0.25, 0.3) is 0 Å². The molecule has 4 nitrogen and oxygen atoms in total. The highest BCUT2D eigenvalue weighted by Gasteiger charge is 2.09. The van der Waals surface area contributed by atoms with Crippen molar-refractivity contribution in [2.24, 2.45) is 0 Å². The van der Waals surface area contributed by atoms with Crippen LogP contribution in [-0.2, 0) is 11.3 Å². The molecule has 1 amide bonds. The minimum Gasteiger partial charge on any atom is -0.350 e. The SMILES string of the molecule is CC(C)c1ccc(-n2ccnc2SCC(=O)NCc2cccs2)cc1. The molecule has 3 aromatic rings. The van der Waals surface area contributed by atoms with E-state index in [2.05, 4.69) is 48.4 Å². The lowest BCUT2D eigenvalue weighted by atomic mass is 10.0. The van der Waals surface area contributed by atoms with Crippen LogP contribution >= 0.6 is 23.1 Å². The van der Waals surface area contributed by atoms with Gasteiger partial charge in [-0.05, 0) is 35.1 Å². The number of rotatable bonds is 7. The molecule has 0 aliphatic carbocycles. The van der Waals surface area contributed by atoms with Gasteiger partial charge in [-0.3, -0.25) is 9.36 Å². The Morgan fingerprint density at radius 1 is 1.28 bits per heavy atom. The van der Waals surface area contributed by atoms with Crippen LogP contribution in [0.3, 0.4) is 0 Å². The van der Waals surface area contributed by atoms with E-state index in [0.29, 0.717) is 18.2 Å². The van der Waals surface area contributed by atoms with Gasteiger partial charge in [0.15, 0.2) is 5.16 Å². The van der Waals surface area contributed by atoms with Crippen molar-refractivity contribution in [1.82, 2.24) is 14.9 Å². The van der Waals surface area contributed by atoms with Crippen molar-refractivity contribution in [3.8, 4) is 5.69 Å². The van der Waals surface area contributed by atoms with Crippen LogP contribution in [0.2, 0.25) is 0 Å². The first kappa shape index (κ1) is 17.8. The lowest BCUT2D eigenvalue weighted by Gasteiger charge is -2.10. The van der Waals surface area contributed by atoms with Crippen LogP contribution in [-0.4, -0.2) is 21.2 Å². The van der Waals surface area contributed by atoms with E-state index < -0.39 is 0 Å². The van der Waals surface area contributed by atoms with Gasteiger partial charge in [-0.1, -0.05) is 43.8 Å². The van der Waals surface area contributed by atoms with Crippen LogP contribution in [0.25, 0.3) is 5.69 Å². The molecule has 0 bridgehead atoms. The van der Waals surface area contributed by atoms with E-state index in [0.717, 1.165) is 15.7 Å². The first-order valence-corrected chi connectivity index (χ1v) is 10.1. The molecule has 25 heavy (non-hydrogen) atoms. The third-order valence-corrected chi connectivity index (χ3v) is 5.66. The zero-order valence-corrected chi connectivity index (χ0v) is 15.9. The molecular weight excluding hydrogens is 350 g/mol.